The van der Waals surface area contributed by atoms with E-state index in [1.807, 2.05) is 13.8 Å². The molecule has 124 valence electrons. The molecule has 1 amide bonds. The van der Waals surface area contributed by atoms with E-state index in [4.69, 9.17) is 23.2 Å². The summed E-state index contributed by atoms with van der Waals surface area (Å²) in [6.07, 6.45) is 1.77. The van der Waals surface area contributed by atoms with Gasteiger partial charge in [-0.2, -0.15) is 0 Å². The molecule has 0 fully saturated rings. The van der Waals surface area contributed by atoms with E-state index in [2.05, 4.69) is 5.32 Å². The van der Waals surface area contributed by atoms with E-state index in [0.717, 1.165) is 17.0 Å². The zero-order chi connectivity index (χ0) is 17.1. The zero-order valence-electron chi connectivity index (χ0n) is 12.9. The second kappa shape index (κ2) is 7.53. The van der Waals surface area contributed by atoms with Crippen molar-refractivity contribution < 1.29 is 13.2 Å². The van der Waals surface area contributed by atoms with E-state index in [1.165, 1.54) is 19.1 Å². The highest BCUT2D eigenvalue weighted by Crippen LogP contribution is 2.32. The summed E-state index contributed by atoms with van der Waals surface area (Å²) in [5, 5.41) is 3.31. The van der Waals surface area contributed by atoms with E-state index < -0.39 is 22.0 Å². The molecule has 0 saturated heterocycles. The normalized spacial score (nSPS) is 14.3. The first-order chi connectivity index (χ1) is 10.1. The van der Waals surface area contributed by atoms with E-state index >= 15 is 0 Å². The van der Waals surface area contributed by atoms with Gasteiger partial charge in [0.15, 0.2) is 0 Å². The number of sulfonamides is 1. The van der Waals surface area contributed by atoms with Gasteiger partial charge in [-0.3, -0.25) is 9.10 Å². The highest BCUT2D eigenvalue weighted by Gasteiger charge is 2.31. The maximum absolute atomic E-state index is 12.3. The van der Waals surface area contributed by atoms with Crippen LogP contribution < -0.4 is 9.62 Å². The van der Waals surface area contributed by atoms with E-state index in [9.17, 15) is 13.2 Å². The predicted octanol–water partition coefficient (Wildman–Crippen LogP) is 3.06. The quantitative estimate of drug-likeness (QED) is 0.840. The largest absolute Gasteiger partial charge is 0.352 e. The van der Waals surface area contributed by atoms with Crippen molar-refractivity contribution in [3.05, 3.63) is 28.2 Å². The van der Waals surface area contributed by atoms with Gasteiger partial charge in [0, 0.05) is 11.1 Å². The number of nitrogens with zero attached hydrogens (tertiary/aromatic N) is 1. The van der Waals surface area contributed by atoms with Gasteiger partial charge in [0.1, 0.15) is 6.04 Å². The molecule has 0 aromatic heterocycles. The molecule has 0 saturated carbocycles. The predicted molar refractivity (Wildman–Crippen MR) is 91.1 cm³/mol. The standard InChI is InChI=1S/C14H20Cl2N2O3S/c1-5-9(2)17-14(19)10(3)18(22(4,20)21)13-8-11(15)6-7-12(13)16/h6-10H,5H2,1-4H3,(H,17,19)/t9-,10+/m0/s1. The molecule has 1 rings (SSSR count). The van der Waals surface area contributed by atoms with Crippen molar-refractivity contribution in [1.29, 1.82) is 0 Å². The Labute approximate surface area is 141 Å². The first-order valence-corrected chi connectivity index (χ1v) is 9.43. The number of carbonyl (C=O) groups is 1. The fourth-order valence-corrected chi connectivity index (χ4v) is 3.50. The Hall–Kier alpha value is -0.980. The summed E-state index contributed by atoms with van der Waals surface area (Å²) in [5.41, 5.74) is 0.184. The second-order valence-electron chi connectivity index (χ2n) is 5.15. The number of nitrogens with one attached hydrogen (secondary N) is 1. The molecule has 0 spiro atoms. The third-order valence-electron chi connectivity index (χ3n) is 3.24. The number of hydrogen-bond donors (Lipinski definition) is 1. The van der Waals surface area contributed by atoms with Crippen LogP contribution in [0.5, 0.6) is 0 Å². The molecule has 1 aromatic carbocycles. The van der Waals surface area contributed by atoms with Crippen LogP contribution in [0.2, 0.25) is 10.0 Å². The van der Waals surface area contributed by atoms with Gasteiger partial charge < -0.3 is 5.32 Å². The minimum atomic E-state index is -3.71. The van der Waals surface area contributed by atoms with Crippen molar-refractivity contribution in [3.63, 3.8) is 0 Å². The maximum Gasteiger partial charge on any atom is 0.243 e. The lowest BCUT2D eigenvalue weighted by molar-refractivity contribution is -0.122. The highest BCUT2D eigenvalue weighted by atomic mass is 35.5. The van der Waals surface area contributed by atoms with Crippen LogP contribution in [0.25, 0.3) is 0 Å². The van der Waals surface area contributed by atoms with Crippen LogP contribution in [0.1, 0.15) is 27.2 Å². The van der Waals surface area contributed by atoms with Gasteiger partial charge in [-0.15, -0.1) is 0 Å². The fourth-order valence-electron chi connectivity index (χ4n) is 1.90. The highest BCUT2D eigenvalue weighted by molar-refractivity contribution is 7.92. The van der Waals surface area contributed by atoms with Crippen molar-refractivity contribution in [3.8, 4) is 0 Å². The summed E-state index contributed by atoms with van der Waals surface area (Å²) in [6.45, 7) is 5.29. The fraction of sp³-hybridized carbons (Fsp3) is 0.500. The molecule has 0 aliphatic rings. The van der Waals surface area contributed by atoms with Crippen LogP contribution in [-0.4, -0.2) is 32.7 Å². The van der Waals surface area contributed by atoms with Crippen molar-refractivity contribution in [1.82, 2.24) is 5.32 Å². The molecule has 5 nitrogen and oxygen atoms in total. The van der Waals surface area contributed by atoms with E-state index in [-0.39, 0.29) is 16.8 Å². The SMILES string of the molecule is CC[C@H](C)NC(=O)[C@@H](C)N(c1cc(Cl)ccc1Cl)S(C)(=O)=O. The number of halogens is 2. The van der Waals surface area contributed by atoms with Crippen molar-refractivity contribution in [2.24, 2.45) is 0 Å². The lowest BCUT2D eigenvalue weighted by Gasteiger charge is -2.29. The number of anilines is 1. The number of benzene rings is 1. The lowest BCUT2D eigenvalue weighted by atomic mass is 10.2. The topological polar surface area (TPSA) is 66.5 Å². The average molecular weight is 367 g/mol. The number of amides is 1. The molecule has 1 N–H and O–H groups in total. The Kier molecular flexibility index (Phi) is 6.52. The van der Waals surface area contributed by atoms with Gasteiger partial charge in [0.05, 0.1) is 17.0 Å². The van der Waals surface area contributed by atoms with Crippen molar-refractivity contribution in [2.45, 2.75) is 39.3 Å². The van der Waals surface area contributed by atoms with Crippen molar-refractivity contribution >= 4 is 44.8 Å². The molecule has 0 radical (unpaired) electrons. The molecule has 0 unspecified atom stereocenters. The molecular formula is C14H20Cl2N2O3S. The Morgan fingerprint density at radius 2 is 1.91 bits per heavy atom. The van der Waals surface area contributed by atoms with Crippen LogP contribution >= 0.6 is 23.2 Å². The Morgan fingerprint density at radius 3 is 2.41 bits per heavy atom. The smallest absolute Gasteiger partial charge is 0.243 e. The number of carbonyl (C=O) groups excluding carboxylic acids is 1. The Balaban J connectivity index is 3.25. The van der Waals surface area contributed by atoms with Gasteiger partial charge >= 0.3 is 0 Å². The van der Waals surface area contributed by atoms with Crippen LogP contribution in [0, 0.1) is 0 Å². The summed E-state index contributed by atoms with van der Waals surface area (Å²) >= 11 is 12.0. The minimum absolute atomic E-state index is 0.0498. The maximum atomic E-state index is 12.3. The summed E-state index contributed by atoms with van der Waals surface area (Å²) in [4.78, 5) is 12.3. The summed E-state index contributed by atoms with van der Waals surface area (Å²) < 4.78 is 25.3. The molecule has 2 atom stereocenters. The van der Waals surface area contributed by atoms with Crippen LogP contribution in [0.15, 0.2) is 18.2 Å². The molecule has 22 heavy (non-hydrogen) atoms. The average Bonchev–Trinajstić information content (AvgIpc) is 2.41. The van der Waals surface area contributed by atoms with Crippen molar-refractivity contribution in [2.75, 3.05) is 10.6 Å². The second-order valence-corrected chi connectivity index (χ2v) is 7.85. The van der Waals surface area contributed by atoms with Gasteiger partial charge in [0.2, 0.25) is 15.9 Å². The van der Waals surface area contributed by atoms with E-state index in [1.54, 1.807) is 6.07 Å². The number of hydrogen-bond acceptors (Lipinski definition) is 3. The van der Waals surface area contributed by atoms with Gasteiger partial charge in [0.25, 0.3) is 0 Å². The zero-order valence-corrected chi connectivity index (χ0v) is 15.3. The molecular weight excluding hydrogens is 347 g/mol. The summed E-state index contributed by atoms with van der Waals surface area (Å²) in [6, 6.07) is 3.48. The number of rotatable bonds is 6. The van der Waals surface area contributed by atoms with Crippen LogP contribution in [-0.2, 0) is 14.8 Å². The molecule has 0 aliphatic carbocycles. The van der Waals surface area contributed by atoms with E-state index in [0.29, 0.717) is 5.02 Å². The Bertz CT molecular complexity index is 649. The molecule has 0 bridgehead atoms. The van der Waals surface area contributed by atoms with Crippen LogP contribution in [0.4, 0.5) is 5.69 Å². The molecule has 0 heterocycles. The van der Waals surface area contributed by atoms with Gasteiger partial charge in [-0.05, 0) is 38.5 Å². The third-order valence-corrected chi connectivity index (χ3v) is 5.02. The Morgan fingerprint density at radius 1 is 1.32 bits per heavy atom. The summed E-state index contributed by atoms with van der Waals surface area (Å²) in [5.74, 6) is -0.393. The first-order valence-electron chi connectivity index (χ1n) is 6.82. The van der Waals surface area contributed by atoms with Gasteiger partial charge in [-0.1, -0.05) is 30.1 Å². The van der Waals surface area contributed by atoms with Gasteiger partial charge in [-0.25, -0.2) is 8.42 Å². The molecule has 1 aromatic rings. The third kappa shape index (κ3) is 4.76. The lowest BCUT2D eigenvalue weighted by Crippen LogP contribution is -2.49. The molecule has 0 aliphatic heterocycles. The van der Waals surface area contributed by atoms with Crippen LogP contribution in [0.3, 0.4) is 0 Å². The monoisotopic (exact) mass is 366 g/mol. The molecule has 8 heteroatoms. The first kappa shape index (κ1) is 19.1. The summed E-state index contributed by atoms with van der Waals surface area (Å²) in [7, 11) is -3.71. The minimum Gasteiger partial charge on any atom is -0.352 e.